The van der Waals surface area contributed by atoms with Gasteiger partial charge in [0, 0.05) is 10.2 Å². The van der Waals surface area contributed by atoms with Crippen molar-refractivity contribution in [3.8, 4) is 5.75 Å². The predicted molar refractivity (Wildman–Crippen MR) is 70.4 cm³/mol. The highest BCUT2D eigenvalue weighted by Crippen LogP contribution is 2.14. The molecule has 0 saturated heterocycles. The van der Waals surface area contributed by atoms with E-state index in [0.29, 0.717) is 13.2 Å². The van der Waals surface area contributed by atoms with Crippen LogP contribution in [0.15, 0.2) is 24.3 Å². The van der Waals surface area contributed by atoms with E-state index in [0.717, 1.165) is 18.8 Å². The lowest BCUT2D eigenvalue weighted by Crippen LogP contribution is -2.07. The molecule has 0 aromatic heterocycles. The molecule has 0 spiro atoms. The summed E-state index contributed by atoms with van der Waals surface area (Å²) in [6.07, 6.45) is 2.31. The molecule has 0 atom stereocenters. The summed E-state index contributed by atoms with van der Waals surface area (Å²) in [5.74, 6) is 0.918. The Kier molecular flexibility index (Phi) is 6.76. The number of ether oxygens (including phenoxy) is 2. The molecule has 0 fully saturated rings. The second-order valence-electron chi connectivity index (χ2n) is 3.27. The van der Waals surface area contributed by atoms with Crippen LogP contribution < -0.4 is 4.74 Å². The highest BCUT2D eigenvalue weighted by Gasteiger charge is 1.94. The first-order chi connectivity index (χ1) is 7.33. The van der Waals surface area contributed by atoms with Crippen LogP contribution in [0.4, 0.5) is 0 Å². The molecule has 84 valence electrons. The van der Waals surface area contributed by atoms with Gasteiger partial charge in [0.1, 0.15) is 12.4 Å². The molecule has 2 nitrogen and oxygen atoms in total. The van der Waals surface area contributed by atoms with E-state index in [1.807, 2.05) is 24.3 Å². The molecule has 1 rings (SSSR count). The van der Waals surface area contributed by atoms with Gasteiger partial charge in [0.25, 0.3) is 0 Å². The van der Waals surface area contributed by atoms with E-state index in [9.17, 15) is 0 Å². The summed E-state index contributed by atoms with van der Waals surface area (Å²) in [5.41, 5.74) is 0. The number of rotatable bonds is 7. The Morgan fingerprint density at radius 1 is 1.20 bits per heavy atom. The highest BCUT2D eigenvalue weighted by molar-refractivity contribution is 14.1. The molecule has 0 heterocycles. The predicted octanol–water partition coefficient (Wildman–Crippen LogP) is 3.49. The van der Waals surface area contributed by atoms with Crippen molar-refractivity contribution in [2.75, 3.05) is 19.8 Å². The summed E-state index contributed by atoms with van der Waals surface area (Å²) in [5, 5.41) is 0. The van der Waals surface area contributed by atoms with Crippen LogP contribution in [0.5, 0.6) is 5.75 Å². The Bertz CT molecular complexity index is 276. The fourth-order valence-corrected chi connectivity index (χ4v) is 1.64. The zero-order chi connectivity index (χ0) is 10.9. The molecule has 0 unspecified atom stereocenters. The van der Waals surface area contributed by atoms with Crippen molar-refractivity contribution in [1.29, 1.82) is 0 Å². The summed E-state index contributed by atoms with van der Waals surface area (Å²) in [6, 6.07) is 8.03. The maximum absolute atomic E-state index is 5.54. The molecule has 0 aliphatic rings. The van der Waals surface area contributed by atoms with E-state index in [2.05, 4.69) is 29.5 Å². The molecule has 0 bridgehead atoms. The Labute approximate surface area is 105 Å². The maximum atomic E-state index is 5.54. The zero-order valence-corrected chi connectivity index (χ0v) is 11.2. The van der Waals surface area contributed by atoms with Gasteiger partial charge < -0.3 is 9.47 Å². The van der Waals surface area contributed by atoms with E-state index in [-0.39, 0.29) is 0 Å². The second-order valence-corrected chi connectivity index (χ2v) is 4.52. The van der Waals surface area contributed by atoms with Crippen LogP contribution in [0.25, 0.3) is 0 Å². The molecule has 15 heavy (non-hydrogen) atoms. The molecule has 0 amide bonds. The summed E-state index contributed by atoms with van der Waals surface area (Å²) in [6.45, 7) is 4.30. The van der Waals surface area contributed by atoms with Crippen molar-refractivity contribution in [3.05, 3.63) is 27.8 Å². The minimum atomic E-state index is 0.629. The van der Waals surface area contributed by atoms with Gasteiger partial charge in [0.05, 0.1) is 6.61 Å². The molecular weight excluding hydrogens is 303 g/mol. The minimum absolute atomic E-state index is 0.629. The van der Waals surface area contributed by atoms with Crippen LogP contribution in [-0.4, -0.2) is 19.8 Å². The molecule has 0 N–H and O–H groups in total. The molecule has 0 radical (unpaired) electrons. The molecule has 0 aliphatic heterocycles. The van der Waals surface area contributed by atoms with Crippen molar-refractivity contribution in [2.45, 2.75) is 19.8 Å². The number of benzene rings is 1. The van der Waals surface area contributed by atoms with Gasteiger partial charge in [-0.15, -0.1) is 0 Å². The zero-order valence-electron chi connectivity index (χ0n) is 9.04. The van der Waals surface area contributed by atoms with Crippen LogP contribution in [0.2, 0.25) is 0 Å². The Morgan fingerprint density at radius 3 is 2.80 bits per heavy atom. The van der Waals surface area contributed by atoms with Gasteiger partial charge in [-0.2, -0.15) is 0 Å². The van der Waals surface area contributed by atoms with Crippen LogP contribution in [0.3, 0.4) is 0 Å². The van der Waals surface area contributed by atoms with E-state index in [1.165, 1.54) is 9.99 Å². The van der Waals surface area contributed by atoms with Crippen molar-refractivity contribution in [1.82, 2.24) is 0 Å². The Balaban J connectivity index is 2.10. The Morgan fingerprint density at radius 2 is 2.07 bits per heavy atom. The Hall–Kier alpha value is -0.290. The van der Waals surface area contributed by atoms with E-state index >= 15 is 0 Å². The minimum Gasteiger partial charge on any atom is -0.491 e. The van der Waals surface area contributed by atoms with Crippen molar-refractivity contribution in [3.63, 3.8) is 0 Å². The molecule has 1 aromatic rings. The number of halogens is 1. The topological polar surface area (TPSA) is 18.5 Å². The lowest BCUT2D eigenvalue weighted by Gasteiger charge is -2.06. The average Bonchev–Trinajstić information content (AvgIpc) is 2.23. The quantitative estimate of drug-likeness (QED) is 0.566. The van der Waals surface area contributed by atoms with E-state index in [1.54, 1.807) is 0 Å². The number of unbranched alkanes of at least 4 members (excludes halogenated alkanes) is 1. The fraction of sp³-hybridized carbons (Fsp3) is 0.500. The highest BCUT2D eigenvalue weighted by atomic mass is 127. The smallest absolute Gasteiger partial charge is 0.120 e. The van der Waals surface area contributed by atoms with E-state index < -0.39 is 0 Å². The third-order valence-electron chi connectivity index (χ3n) is 1.93. The van der Waals surface area contributed by atoms with Gasteiger partial charge >= 0.3 is 0 Å². The summed E-state index contributed by atoms with van der Waals surface area (Å²) in [4.78, 5) is 0. The first-order valence-corrected chi connectivity index (χ1v) is 6.37. The lowest BCUT2D eigenvalue weighted by atomic mass is 10.3. The third kappa shape index (κ3) is 5.99. The molecule has 0 aliphatic carbocycles. The maximum Gasteiger partial charge on any atom is 0.120 e. The van der Waals surface area contributed by atoms with Gasteiger partial charge in [-0.3, -0.25) is 0 Å². The van der Waals surface area contributed by atoms with Crippen LogP contribution >= 0.6 is 22.6 Å². The molecular formula is C12H17IO2. The monoisotopic (exact) mass is 320 g/mol. The lowest BCUT2D eigenvalue weighted by molar-refractivity contribution is 0.0980. The second kappa shape index (κ2) is 7.93. The molecule has 3 heteroatoms. The summed E-state index contributed by atoms with van der Waals surface area (Å²) in [7, 11) is 0. The van der Waals surface area contributed by atoms with Crippen LogP contribution in [0, 0.1) is 3.57 Å². The van der Waals surface area contributed by atoms with E-state index in [4.69, 9.17) is 9.47 Å². The molecule has 1 aromatic carbocycles. The average molecular weight is 320 g/mol. The van der Waals surface area contributed by atoms with Crippen molar-refractivity contribution < 1.29 is 9.47 Å². The van der Waals surface area contributed by atoms with Gasteiger partial charge in [-0.1, -0.05) is 19.4 Å². The van der Waals surface area contributed by atoms with Crippen molar-refractivity contribution in [2.24, 2.45) is 0 Å². The first-order valence-electron chi connectivity index (χ1n) is 5.29. The van der Waals surface area contributed by atoms with Gasteiger partial charge in [-0.05, 0) is 47.2 Å². The normalized spacial score (nSPS) is 10.3. The van der Waals surface area contributed by atoms with Gasteiger partial charge in [-0.25, -0.2) is 0 Å². The molecule has 0 saturated carbocycles. The first kappa shape index (κ1) is 12.8. The standard InChI is InChI=1S/C12H17IO2/c1-2-3-7-14-8-9-15-12-6-4-5-11(13)10-12/h4-6,10H,2-3,7-9H2,1H3. The summed E-state index contributed by atoms with van der Waals surface area (Å²) >= 11 is 2.27. The SMILES string of the molecule is CCCCOCCOc1cccc(I)c1. The third-order valence-corrected chi connectivity index (χ3v) is 2.61. The van der Waals surface area contributed by atoms with Crippen LogP contribution in [-0.2, 0) is 4.74 Å². The number of hydrogen-bond acceptors (Lipinski definition) is 2. The van der Waals surface area contributed by atoms with Gasteiger partial charge in [0.2, 0.25) is 0 Å². The van der Waals surface area contributed by atoms with Crippen LogP contribution in [0.1, 0.15) is 19.8 Å². The van der Waals surface area contributed by atoms with Gasteiger partial charge in [0.15, 0.2) is 0 Å². The van der Waals surface area contributed by atoms with Crippen molar-refractivity contribution >= 4 is 22.6 Å². The largest absolute Gasteiger partial charge is 0.491 e. The fourth-order valence-electron chi connectivity index (χ4n) is 1.12. The number of hydrogen-bond donors (Lipinski definition) is 0. The summed E-state index contributed by atoms with van der Waals surface area (Å²) < 4.78 is 12.1.